The van der Waals surface area contributed by atoms with Crippen LogP contribution in [0, 0.1) is 0 Å². The van der Waals surface area contributed by atoms with Gasteiger partial charge in [-0.15, -0.1) is 0 Å². The molecule has 0 bridgehead atoms. The lowest BCUT2D eigenvalue weighted by atomic mass is 10.1. The predicted molar refractivity (Wildman–Crippen MR) is 196 cm³/mol. The summed E-state index contributed by atoms with van der Waals surface area (Å²) in [6, 6.07) is 29.0. The van der Waals surface area contributed by atoms with Crippen molar-refractivity contribution < 1.29 is 42.8 Å². The number of hydrogen-bond donors (Lipinski definition) is 2. The molecular formula is C41H45N3O9. The predicted octanol–water partition coefficient (Wildman–Crippen LogP) is 4.80. The van der Waals surface area contributed by atoms with Crippen molar-refractivity contribution in [2.45, 2.75) is 32.2 Å². The molecule has 278 valence electrons. The Labute approximate surface area is 309 Å². The first-order valence-electron chi connectivity index (χ1n) is 17.9. The number of rotatable bonds is 3. The molecule has 0 aromatic heterocycles. The highest BCUT2D eigenvalue weighted by molar-refractivity contribution is 5.97. The monoisotopic (exact) mass is 723 g/mol. The molecule has 53 heavy (non-hydrogen) atoms. The highest BCUT2D eigenvalue weighted by atomic mass is 16.6. The van der Waals surface area contributed by atoms with Crippen molar-refractivity contribution in [2.75, 3.05) is 59.2 Å². The van der Waals surface area contributed by atoms with E-state index >= 15 is 0 Å². The maximum Gasteiger partial charge on any atom is 0.320 e. The summed E-state index contributed by atoms with van der Waals surface area (Å²) in [5.74, 6) is 1.04. The second kappa shape index (κ2) is 19.3. The van der Waals surface area contributed by atoms with Gasteiger partial charge in [0.1, 0.15) is 49.4 Å². The van der Waals surface area contributed by atoms with E-state index in [1.807, 2.05) is 65.6 Å². The quantitative estimate of drug-likeness (QED) is 0.284. The summed E-state index contributed by atoms with van der Waals surface area (Å²) in [5.41, 5.74) is 2.31. The highest BCUT2D eigenvalue weighted by Crippen LogP contribution is 2.26. The van der Waals surface area contributed by atoms with Gasteiger partial charge in [0.05, 0.1) is 30.9 Å². The Balaban J connectivity index is 1.23. The molecule has 0 spiro atoms. The van der Waals surface area contributed by atoms with Gasteiger partial charge in [-0.1, -0.05) is 60.7 Å². The lowest BCUT2D eigenvalue weighted by Gasteiger charge is -2.27. The Hall–Kier alpha value is -5.59. The van der Waals surface area contributed by atoms with Gasteiger partial charge >= 0.3 is 5.97 Å². The number of amides is 2. The Bertz CT molecular complexity index is 1710. The first kappa shape index (κ1) is 37.2. The van der Waals surface area contributed by atoms with E-state index in [1.165, 1.54) is 0 Å². The van der Waals surface area contributed by atoms with Crippen molar-refractivity contribution in [1.29, 1.82) is 0 Å². The maximum absolute atomic E-state index is 13.1. The van der Waals surface area contributed by atoms with Gasteiger partial charge in [0.15, 0.2) is 6.10 Å². The van der Waals surface area contributed by atoms with Crippen LogP contribution >= 0.6 is 0 Å². The molecule has 12 heteroatoms. The molecule has 0 atom stereocenters. The number of morpholine rings is 1. The van der Waals surface area contributed by atoms with Gasteiger partial charge in [-0.25, -0.2) is 0 Å². The summed E-state index contributed by atoms with van der Waals surface area (Å²) in [4.78, 5) is 41.4. The number of para-hydroxylation sites is 4. The van der Waals surface area contributed by atoms with Crippen molar-refractivity contribution >= 4 is 17.8 Å². The van der Waals surface area contributed by atoms with Crippen LogP contribution < -0.4 is 29.6 Å². The van der Waals surface area contributed by atoms with E-state index in [4.69, 9.17) is 28.4 Å². The SMILES string of the molecule is O=C(CN1CCOCC1)OC1COc2ccccc2COc2ccccc2C(=O)NCCCCNC(=O)c2ccccc2OCc2ccccc2OC1. The van der Waals surface area contributed by atoms with Gasteiger partial charge in [0.2, 0.25) is 0 Å². The fraction of sp³-hybridized carbons (Fsp3) is 0.341. The number of carbonyl (C=O) groups excluding carboxylic acids is 3. The zero-order chi connectivity index (χ0) is 36.7. The van der Waals surface area contributed by atoms with Crippen molar-refractivity contribution in [2.24, 2.45) is 0 Å². The van der Waals surface area contributed by atoms with Crippen LogP contribution in [0.4, 0.5) is 0 Å². The molecule has 12 nitrogen and oxygen atoms in total. The topological polar surface area (TPSA) is 134 Å². The summed E-state index contributed by atoms with van der Waals surface area (Å²) >= 11 is 0. The number of benzene rings is 4. The molecule has 4 aromatic carbocycles. The third-order valence-electron chi connectivity index (χ3n) is 8.75. The number of nitrogens with one attached hydrogen (secondary N) is 2. The van der Waals surface area contributed by atoms with Gasteiger partial charge in [-0.05, 0) is 49.2 Å². The second-order valence-corrected chi connectivity index (χ2v) is 12.6. The van der Waals surface area contributed by atoms with Crippen LogP contribution in [0.5, 0.6) is 23.0 Å². The van der Waals surface area contributed by atoms with E-state index in [2.05, 4.69) is 10.6 Å². The van der Waals surface area contributed by atoms with Crippen LogP contribution in [0.25, 0.3) is 0 Å². The third kappa shape index (κ3) is 11.0. The standard InChI is InChI=1S/C41H45N3O9/c45-39(25-44-21-23-48-24-22-44)53-32-28-51-35-15-5-1-11-30(35)26-49-37-17-7-3-13-33(37)40(46)42-19-9-10-20-43-41(47)34-14-4-8-18-38(34)50-27-31-12-2-6-16-36(31)52-29-32/h1-8,11-18,32H,9-10,19-29H2,(H,42,46)(H,43,47). The van der Waals surface area contributed by atoms with Gasteiger partial charge in [0, 0.05) is 37.3 Å². The highest BCUT2D eigenvalue weighted by Gasteiger charge is 2.22. The average Bonchev–Trinajstić information content (AvgIpc) is 3.19. The first-order chi connectivity index (χ1) is 26.0. The largest absolute Gasteiger partial charge is 0.489 e. The summed E-state index contributed by atoms with van der Waals surface area (Å²) in [7, 11) is 0. The maximum atomic E-state index is 13.1. The number of hydrogen-bond acceptors (Lipinski definition) is 10. The van der Waals surface area contributed by atoms with Crippen LogP contribution in [-0.4, -0.2) is 87.9 Å². The van der Waals surface area contributed by atoms with Crippen LogP contribution in [0.2, 0.25) is 0 Å². The van der Waals surface area contributed by atoms with E-state index in [-0.39, 0.29) is 44.8 Å². The third-order valence-corrected chi connectivity index (χ3v) is 8.75. The van der Waals surface area contributed by atoms with Gasteiger partial charge < -0.3 is 39.1 Å². The molecule has 0 saturated carbocycles. The molecular weight excluding hydrogens is 678 g/mol. The average molecular weight is 724 g/mol. The summed E-state index contributed by atoms with van der Waals surface area (Å²) < 4.78 is 36.2. The lowest BCUT2D eigenvalue weighted by molar-refractivity contribution is -0.154. The van der Waals surface area contributed by atoms with E-state index in [0.29, 0.717) is 86.4 Å². The summed E-state index contributed by atoms with van der Waals surface area (Å²) in [6.45, 7) is 3.66. The first-order valence-corrected chi connectivity index (χ1v) is 17.9. The van der Waals surface area contributed by atoms with Crippen molar-refractivity contribution in [1.82, 2.24) is 15.5 Å². The molecule has 2 N–H and O–H groups in total. The fourth-order valence-electron chi connectivity index (χ4n) is 5.89. The minimum Gasteiger partial charge on any atom is -0.489 e. The molecule has 2 amide bonds. The molecule has 0 unspecified atom stereocenters. The second-order valence-electron chi connectivity index (χ2n) is 12.6. The van der Waals surface area contributed by atoms with Crippen molar-refractivity contribution in [3.05, 3.63) is 119 Å². The Morgan fingerprint density at radius 3 is 1.58 bits per heavy atom. The van der Waals surface area contributed by atoms with Crippen LogP contribution in [0.15, 0.2) is 97.1 Å². The van der Waals surface area contributed by atoms with Crippen molar-refractivity contribution in [3.8, 4) is 23.0 Å². The van der Waals surface area contributed by atoms with Crippen LogP contribution in [0.1, 0.15) is 44.7 Å². The molecule has 1 saturated heterocycles. The summed E-state index contributed by atoms with van der Waals surface area (Å²) in [5, 5.41) is 5.91. The molecule has 2 heterocycles. The number of nitrogens with zero attached hydrogens (tertiary/aromatic N) is 1. The van der Waals surface area contributed by atoms with E-state index < -0.39 is 12.1 Å². The molecule has 1 fully saturated rings. The zero-order valence-electron chi connectivity index (χ0n) is 29.6. The smallest absolute Gasteiger partial charge is 0.320 e. The van der Waals surface area contributed by atoms with Crippen LogP contribution in [0.3, 0.4) is 0 Å². The molecule has 2 aliphatic heterocycles. The summed E-state index contributed by atoms with van der Waals surface area (Å²) in [6.07, 6.45) is 0.561. The van der Waals surface area contributed by atoms with Gasteiger partial charge in [0.25, 0.3) is 11.8 Å². The van der Waals surface area contributed by atoms with Crippen molar-refractivity contribution in [3.63, 3.8) is 0 Å². The molecule has 4 aromatic rings. The normalized spacial score (nSPS) is 17.1. The Kier molecular flexibility index (Phi) is 13.5. The van der Waals surface area contributed by atoms with E-state index in [1.54, 1.807) is 36.4 Å². The van der Waals surface area contributed by atoms with Gasteiger partial charge in [-0.2, -0.15) is 0 Å². The lowest BCUT2D eigenvalue weighted by Crippen LogP contribution is -2.42. The van der Waals surface area contributed by atoms with Gasteiger partial charge in [-0.3, -0.25) is 19.3 Å². The molecule has 2 aliphatic rings. The minimum atomic E-state index is -0.769. The number of carbonyl (C=O) groups is 3. The van der Waals surface area contributed by atoms with Crippen LogP contribution in [-0.2, 0) is 27.5 Å². The fourth-order valence-corrected chi connectivity index (χ4v) is 5.89. The Morgan fingerprint density at radius 1 is 0.623 bits per heavy atom. The van der Waals surface area contributed by atoms with E-state index in [9.17, 15) is 14.4 Å². The van der Waals surface area contributed by atoms with E-state index in [0.717, 1.165) is 11.1 Å². The minimum absolute atomic E-state index is 0.00596. The number of fused-ring (bicyclic) bond motifs is 4. The zero-order valence-corrected chi connectivity index (χ0v) is 29.6. The Morgan fingerprint density at radius 2 is 1.08 bits per heavy atom. The number of esters is 1. The molecule has 0 aliphatic carbocycles. The molecule has 0 radical (unpaired) electrons. The number of ether oxygens (including phenoxy) is 6. The molecule has 6 rings (SSSR count).